The van der Waals surface area contributed by atoms with Crippen molar-refractivity contribution in [3.05, 3.63) is 41.2 Å². The lowest BCUT2D eigenvalue weighted by molar-refractivity contribution is 1.06. The van der Waals surface area contributed by atoms with E-state index in [0.29, 0.717) is 11.6 Å². The minimum atomic E-state index is 0.516. The fourth-order valence-electron chi connectivity index (χ4n) is 1.83. The van der Waals surface area contributed by atoms with Crippen LogP contribution in [0.3, 0.4) is 0 Å². The van der Waals surface area contributed by atoms with Crippen molar-refractivity contribution in [2.75, 3.05) is 5.73 Å². The Morgan fingerprint density at radius 1 is 1.00 bits per heavy atom. The second-order valence-corrected chi connectivity index (χ2v) is 4.04. The van der Waals surface area contributed by atoms with Gasteiger partial charge in [-0.1, -0.05) is 23.8 Å². The van der Waals surface area contributed by atoms with Crippen LogP contribution in [0.5, 0.6) is 0 Å². The van der Waals surface area contributed by atoms with Gasteiger partial charge in [-0.2, -0.15) is 0 Å². The summed E-state index contributed by atoms with van der Waals surface area (Å²) in [7, 11) is 0. The van der Waals surface area contributed by atoms with E-state index in [1.54, 1.807) is 0 Å². The van der Waals surface area contributed by atoms with Crippen LogP contribution in [0.1, 0.15) is 17.0 Å². The molecule has 0 radical (unpaired) electrons. The smallest absolute Gasteiger partial charge is 0.128 e. The van der Waals surface area contributed by atoms with E-state index in [1.165, 1.54) is 11.1 Å². The van der Waals surface area contributed by atoms with E-state index in [2.05, 4.69) is 42.0 Å². The van der Waals surface area contributed by atoms with Crippen LogP contribution in [0, 0.1) is 20.8 Å². The van der Waals surface area contributed by atoms with Gasteiger partial charge < -0.3 is 5.73 Å². The lowest BCUT2D eigenvalue weighted by Gasteiger charge is -2.07. The van der Waals surface area contributed by atoms with Crippen molar-refractivity contribution in [1.29, 1.82) is 0 Å². The number of hydrogen-bond acceptors (Lipinski definition) is 3. The van der Waals surface area contributed by atoms with Gasteiger partial charge in [-0.3, -0.25) is 0 Å². The van der Waals surface area contributed by atoms with Gasteiger partial charge in [-0.15, -0.1) is 0 Å². The third kappa shape index (κ3) is 2.03. The Hall–Kier alpha value is -1.90. The summed E-state index contributed by atoms with van der Waals surface area (Å²) in [5, 5.41) is 0. The molecule has 3 nitrogen and oxygen atoms in total. The van der Waals surface area contributed by atoms with Crippen molar-refractivity contribution in [2.45, 2.75) is 20.8 Å². The number of nitrogens with zero attached hydrogens (tertiary/aromatic N) is 2. The fourth-order valence-corrected chi connectivity index (χ4v) is 1.83. The van der Waals surface area contributed by atoms with Crippen LogP contribution in [0.2, 0.25) is 0 Å². The Bertz CT molecular complexity index is 512. The summed E-state index contributed by atoms with van der Waals surface area (Å²) >= 11 is 0. The lowest BCUT2D eigenvalue weighted by Crippen LogP contribution is -1.98. The molecule has 3 heteroatoms. The molecule has 2 aromatic rings. The van der Waals surface area contributed by atoms with Crippen molar-refractivity contribution >= 4 is 5.82 Å². The summed E-state index contributed by atoms with van der Waals surface area (Å²) in [5.41, 5.74) is 10.2. The minimum Gasteiger partial charge on any atom is -0.384 e. The van der Waals surface area contributed by atoms with E-state index in [9.17, 15) is 0 Å². The summed E-state index contributed by atoms with van der Waals surface area (Å²) in [6, 6.07) is 8.11. The van der Waals surface area contributed by atoms with Crippen LogP contribution < -0.4 is 5.73 Å². The van der Waals surface area contributed by atoms with Gasteiger partial charge >= 0.3 is 0 Å². The SMILES string of the molecule is Cc1ccc(-c2cc(N)nc(C)n2)c(C)c1. The molecule has 1 heterocycles. The molecule has 82 valence electrons. The molecular formula is C13H15N3. The number of hydrogen-bond donors (Lipinski definition) is 1. The molecule has 2 N–H and O–H groups in total. The molecule has 0 amide bonds. The number of benzene rings is 1. The number of nitrogen functional groups attached to an aromatic ring is 1. The Morgan fingerprint density at radius 2 is 1.75 bits per heavy atom. The van der Waals surface area contributed by atoms with Gasteiger partial charge in [0.05, 0.1) is 5.69 Å². The van der Waals surface area contributed by atoms with Gasteiger partial charge in [-0.25, -0.2) is 9.97 Å². The highest BCUT2D eigenvalue weighted by Gasteiger charge is 2.05. The monoisotopic (exact) mass is 213 g/mol. The average molecular weight is 213 g/mol. The van der Waals surface area contributed by atoms with Gasteiger partial charge in [0.15, 0.2) is 0 Å². The highest BCUT2D eigenvalue weighted by molar-refractivity contribution is 5.65. The summed E-state index contributed by atoms with van der Waals surface area (Å²) in [4.78, 5) is 8.48. The Kier molecular flexibility index (Phi) is 2.60. The number of rotatable bonds is 1. The van der Waals surface area contributed by atoms with Crippen LogP contribution in [0.25, 0.3) is 11.3 Å². The summed E-state index contributed by atoms with van der Waals surface area (Å²) in [6.45, 7) is 6.01. The standard InChI is InChI=1S/C13H15N3/c1-8-4-5-11(9(2)6-8)12-7-13(14)16-10(3)15-12/h4-7H,1-3H3,(H2,14,15,16). The zero-order valence-corrected chi connectivity index (χ0v) is 9.78. The maximum atomic E-state index is 5.73. The molecule has 0 unspecified atom stereocenters. The first kappa shape index (κ1) is 10.6. The number of aromatic nitrogens is 2. The quantitative estimate of drug-likeness (QED) is 0.792. The van der Waals surface area contributed by atoms with E-state index in [0.717, 1.165) is 11.3 Å². The minimum absolute atomic E-state index is 0.516. The van der Waals surface area contributed by atoms with Crippen LogP contribution in [0.4, 0.5) is 5.82 Å². The van der Waals surface area contributed by atoms with E-state index in [4.69, 9.17) is 5.73 Å². The van der Waals surface area contributed by atoms with Crippen LogP contribution in [-0.2, 0) is 0 Å². The van der Waals surface area contributed by atoms with Crippen molar-refractivity contribution in [3.8, 4) is 11.3 Å². The summed E-state index contributed by atoms with van der Waals surface area (Å²) < 4.78 is 0. The van der Waals surface area contributed by atoms with Crippen molar-refractivity contribution < 1.29 is 0 Å². The Labute approximate surface area is 95.4 Å². The molecule has 1 aromatic carbocycles. The van der Waals surface area contributed by atoms with Crippen LogP contribution in [-0.4, -0.2) is 9.97 Å². The molecule has 1 aromatic heterocycles. The summed E-state index contributed by atoms with van der Waals surface area (Å²) in [5.74, 6) is 1.22. The molecule has 0 aliphatic rings. The maximum absolute atomic E-state index is 5.73. The predicted molar refractivity (Wildman–Crippen MR) is 66.1 cm³/mol. The molecule has 0 aliphatic heterocycles. The van der Waals surface area contributed by atoms with Gasteiger partial charge in [0.25, 0.3) is 0 Å². The van der Waals surface area contributed by atoms with Crippen molar-refractivity contribution in [2.24, 2.45) is 0 Å². The van der Waals surface area contributed by atoms with Gasteiger partial charge in [0.2, 0.25) is 0 Å². The molecule has 0 atom stereocenters. The molecule has 16 heavy (non-hydrogen) atoms. The first-order chi connectivity index (χ1) is 7.56. The lowest BCUT2D eigenvalue weighted by atomic mass is 10.0. The third-order valence-electron chi connectivity index (χ3n) is 2.52. The highest BCUT2D eigenvalue weighted by atomic mass is 14.9. The average Bonchev–Trinajstić information content (AvgIpc) is 2.15. The fraction of sp³-hybridized carbons (Fsp3) is 0.231. The molecule has 0 saturated carbocycles. The zero-order chi connectivity index (χ0) is 11.7. The van der Waals surface area contributed by atoms with Gasteiger partial charge in [-0.05, 0) is 26.3 Å². The largest absolute Gasteiger partial charge is 0.384 e. The number of aryl methyl sites for hydroxylation is 3. The van der Waals surface area contributed by atoms with Crippen molar-refractivity contribution in [1.82, 2.24) is 9.97 Å². The number of anilines is 1. The van der Waals surface area contributed by atoms with Gasteiger partial charge in [0.1, 0.15) is 11.6 Å². The molecule has 0 saturated heterocycles. The molecule has 0 bridgehead atoms. The normalized spacial score (nSPS) is 10.4. The third-order valence-corrected chi connectivity index (χ3v) is 2.52. The van der Waals surface area contributed by atoms with Crippen molar-refractivity contribution in [3.63, 3.8) is 0 Å². The second kappa shape index (κ2) is 3.93. The zero-order valence-electron chi connectivity index (χ0n) is 9.78. The predicted octanol–water partition coefficient (Wildman–Crippen LogP) is 2.65. The van der Waals surface area contributed by atoms with E-state index in [-0.39, 0.29) is 0 Å². The molecule has 0 fully saturated rings. The molecular weight excluding hydrogens is 198 g/mol. The first-order valence-electron chi connectivity index (χ1n) is 5.25. The van der Waals surface area contributed by atoms with E-state index >= 15 is 0 Å². The second-order valence-electron chi connectivity index (χ2n) is 4.04. The Balaban J connectivity index is 2.58. The number of nitrogens with two attached hydrogens (primary N) is 1. The van der Waals surface area contributed by atoms with Crippen LogP contribution >= 0.6 is 0 Å². The Morgan fingerprint density at radius 3 is 2.38 bits per heavy atom. The maximum Gasteiger partial charge on any atom is 0.128 e. The molecule has 0 aliphatic carbocycles. The van der Waals surface area contributed by atoms with E-state index < -0.39 is 0 Å². The van der Waals surface area contributed by atoms with Crippen LogP contribution in [0.15, 0.2) is 24.3 Å². The van der Waals surface area contributed by atoms with Gasteiger partial charge in [0, 0.05) is 11.6 Å². The summed E-state index contributed by atoms with van der Waals surface area (Å²) in [6.07, 6.45) is 0. The highest BCUT2D eigenvalue weighted by Crippen LogP contribution is 2.23. The first-order valence-corrected chi connectivity index (χ1v) is 5.25. The molecule has 0 spiro atoms. The topological polar surface area (TPSA) is 51.8 Å². The molecule has 2 rings (SSSR count). The van der Waals surface area contributed by atoms with E-state index in [1.807, 2.05) is 13.0 Å².